The number of rotatable bonds is 9. The van der Waals surface area contributed by atoms with E-state index in [0.717, 1.165) is 24.1 Å². The highest BCUT2D eigenvalue weighted by molar-refractivity contribution is 9.09. The molecular formula is C17H27BrFN. The molecule has 20 heavy (non-hydrogen) atoms. The monoisotopic (exact) mass is 343 g/mol. The van der Waals surface area contributed by atoms with Gasteiger partial charge in [-0.1, -0.05) is 48.7 Å². The van der Waals surface area contributed by atoms with Crippen molar-refractivity contribution in [1.82, 2.24) is 0 Å². The number of hydrogen-bond acceptors (Lipinski definition) is 1. The molecule has 0 aromatic heterocycles. The highest BCUT2D eigenvalue weighted by Crippen LogP contribution is 2.34. The third-order valence-corrected chi connectivity index (χ3v) is 5.11. The second-order valence-corrected chi connectivity index (χ2v) is 6.19. The Morgan fingerprint density at radius 1 is 1.15 bits per heavy atom. The summed E-state index contributed by atoms with van der Waals surface area (Å²) in [4.78, 5) is 2.30. The molecular weight excluding hydrogens is 317 g/mol. The third kappa shape index (κ3) is 4.76. The van der Waals surface area contributed by atoms with E-state index in [2.05, 4.69) is 41.6 Å². The summed E-state index contributed by atoms with van der Waals surface area (Å²) in [5, 5.41) is 1.01. The standard InChI is InChI=1S/C17H27BrFN/c1-4-10-17(13-18,11-5-2)14-20(6-3)16-9-7-8-15(19)12-16/h7-9,12H,4-6,10-11,13-14H2,1-3H3. The number of hydrogen-bond donors (Lipinski definition) is 0. The van der Waals surface area contributed by atoms with E-state index in [4.69, 9.17) is 0 Å². The van der Waals surface area contributed by atoms with Crippen LogP contribution in [0.5, 0.6) is 0 Å². The molecule has 0 N–H and O–H groups in total. The van der Waals surface area contributed by atoms with Crippen LogP contribution in [-0.2, 0) is 0 Å². The molecule has 0 radical (unpaired) electrons. The molecule has 0 amide bonds. The maximum atomic E-state index is 13.4. The minimum Gasteiger partial charge on any atom is -0.371 e. The normalized spacial score (nSPS) is 11.7. The Labute approximate surface area is 131 Å². The van der Waals surface area contributed by atoms with E-state index in [1.165, 1.54) is 31.7 Å². The molecule has 1 rings (SSSR count). The van der Waals surface area contributed by atoms with E-state index in [0.29, 0.717) is 0 Å². The van der Waals surface area contributed by atoms with Crippen molar-refractivity contribution < 1.29 is 4.39 Å². The van der Waals surface area contributed by atoms with Crippen LogP contribution in [0.25, 0.3) is 0 Å². The molecule has 0 aliphatic rings. The fourth-order valence-electron chi connectivity index (χ4n) is 2.98. The van der Waals surface area contributed by atoms with Gasteiger partial charge in [0, 0.05) is 24.1 Å². The molecule has 1 aromatic rings. The highest BCUT2D eigenvalue weighted by atomic mass is 79.9. The lowest BCUT2D eigenvalue weighted by Crippen LogP contribution is -2.39. The van der Waals surface area contributed by atoms with E-state index >= 15 is 0 Å². The number of halogens is 2. The van der Waals surface area contributed by atoms with Crippen molar-refractivity contribution in [1.29, 1.82) is 0 Å². The van der Waals surface area contributed by atoms with Gasteiger partial charge in [-0.05, 0) is 43.4 Å². The van der Waals surface area contributed by atoms with E-state index in [1.807, 2.05) is 6.07 Å². The second kappa shape index (κ2) is 8.66. The maximum Gasteiger partial charge on any atom is 0.125 e. The van der Waals surface area contributed by atoms with Crippen molar-refractivity contribution in [2.75, 3.05) is 23.3 Å². The van der Waals surface area contributed by atoms with Gasteiger partial charge in [0.15, 0.2) is 0 Å². The predicted octanol–water partition coefficient (Wildman–Crippen LogP) is 5.63. The van der Waals surface area contributed by atoms with Crippen LogP contribution in [0.15, 0.2) is 24.3 Å². The molecule has 1 nitrogen and oxygen atoms in total. The Morgan fingerprint density at radius 2 is 1.80 bits per heavy atom. The Morgan fingerprint density at radius 3 is 2.25 bits per heavy atom. The number of alkyl halides is 1. The SMILES string of the molecule is CCCC(CBr)(CCC)CN(CC)c1cccc(F)c1. The highest BCUT2D eigenvalue weighted by Gasteiger charge is 2.29. The summed E-state index contributed by atoms with van der Waals surface area (Å²) >= 11 is 3.72. The van der Waals surface area contributed by atoms with Crippen molar-refractivity contribution in [3.8, 4) is 0 Å². The number of benzene rings is 1. The Bertz CT molecular complexity index is 388. The first-order valence-electron chi connectivity index (χ1n) is 7.67. The van der Waals surface area contributed by atoms with Crippen LogP contribution >= 0.6 is 15.9 Å². The van der Waals surface area contributed by atoms with Gasteiger partial charge in [-0.2, -0.15) is 0 Å². The summed E-state index contributed by atoms with van der Waals surface area (Å²) in [5.74, 6) is -0.156. The molecule has 1 aromatic carbocycles. The van der Waals surface area contributed by atoms with E-state index in [1.54, 1.807) is 12.1 Å². The lowest BCUT2D eigenvalue weighted by atomic mass is 9.80. The lowest BCUT2D eigenvalue weighted by molar-refractivity contribution is 0.280. The van der Waals surface area contributed by atoms with Gasteiger partial charge in [0.1, 0.15) is 5.82 Å². The van der Waals surface area contributed by atoms with Crippen LogP contribution in [-0.4, -0.2) is 18.4 Å². The average molecular weight is 344 g/mol. The predicted molar refractivity (Wildman–Crippen MR) is 90.3 cm³/mol. The summed E-state index contributed by atoms with van der Waals surface area (Å²) in [6.07, 6.45) is 4.79. The molecule has 0 spiro atoms. The lowest BCUT2D eigenvalue weighted by Gasteiger charge is -2.38. The summed E-state index contributed by atoms with van der Waals surface area (Å²) in [6.45, 7) is 8.52. The van der Waals surface area contributed by atoms with Crippen molar-refractivity contribution in [3.05, 3.63) is 30.1 Å². The van der Waals surface area contributed by atoms with Crippen LogP contribution in [0.1, 0.15) is 46.5 Å². The Kier molecular flexibility index (Phi) is 7.57. The van der Waals surface area contributed by atoms with E-state index < -0.39 is 0 Å². The zero-order chi connectivity index (χ0) is 15.0. The van der Waals surface area contributed by atoms with Crippen LogP contribution < -0.4 is 4.90 Å². The maximum absolute atomic E-state index is 13.4. The van der Waals surface area contributed by atoms with Gasteiger partial charge in [-0.3, -0.25) is 0 Å². The molecule has 0 saturated carbocycles. The first kappa shape index (κ1) is 17.5. The molecule has 0 fully saturated rings. The quantitative estimate of drug-likeness (QED) is 0.525. The fraction of sp³-hybridized carbons (Fsp3) is 0.647. The summed E-state index contributed by atoms with van der Waals surface area (Å²) < 4.78 is 13.4. The van der Waals surface area contributed by atoms with Crippen LogP contribution in [0, 0.1) is 11.2 Å². The molecule has 0 aliphatic carbocycles. The number of nitrogens with zero attached hydrogens (tertiary/aromatic N) is 1. The van der Waals surface area contributed by atoms with Gasteiger partial charge < -0.3 is 4.90 Å². The summed E-state index contributed by atoms with van der Waals surface area (Å²) in [7, 11) is 0. The van der Waals surface area contributed by atoms with Crippen LogP contribution in [0.2, 0.25) is 0 Å². The van der Waals surface area contributed by atoms with Crippen LogP contribution in [0.3, 0.4) is 0 Å². The molecule has 0 heterocycles. The van der Waals surface area contributed by atoms with Gasteiger partial charge >= 0.3 is 0 Å². The summed E-state index contributed by atoms with van der Waals surface area (Å²) in [5.41, 5.74) is 1.27. The van der Waals surface area contributed by atoms with Crippen molar-refractivity contribution >= 4 is 21.6 Å². The molecule has 114 valence electrons. The zero-order valence-corrected chi connectivity index (χ0v) is 14.5. The van der Waals surface area contributed by atoms with Crippen molar-refractivity contribution in [2.45, 2.75) is 46.5 Å². The minimum atomic E-state index is -0.156. The first-order valence-corrected chi connectivity index (χ1v) is 8.79. The third-order valence-electron chi connectivity index (χ3n) is 3.93. The first-order chi connectivity index (χ1) is 9.60. The van der Waals surface area contributed by atoms with E-state index in [-0.39, 0.29) is 11.2 Å². The molecule has 3 heteroatoms. The fourth-order valence-corrected chi connectivity index (χ4v) is 3.72. The number of anilines is 1. The Hall–Kier alpha value is -0.570. The second-order valence-electron chi connectivity index (χ2n) is 5.63. The van der Waals surface area contributed by atoms with Crippen LogP contribution in [0.4, 0.5) is 10.1 Å². The van der Waals surface area contributed by atoms with Gasteiger partial charge in [0.25, 0.3) is 0 Å². The minimum absolute atomic E-state index is 0.156. The van der Waals surface area contributed by atoms with Crippen molar-refractivity contribution in [2.24, 2.45) is 5.41 Å². The molecule has 0 aliphatic heterocycles. The van der Waals surface area contributed by atoms with E-state index in [9.17, 15) is 4.39 Å². The Balaban J connectivity index is 2.93. The molecule has 0 bridgehead atoms. The summed E-state index contributed by atoms with van der Waals surface area (Å²) in [6, 6.07) is 6.94. The topological polar surface area (TPSA) is 3.24 Å². The van der Waals surface area contributed by atoms with Crippen molar-refractivity contribution in [3.63, 3.8) is 0 Å². The molecule has 0 atom stereocenters. The van der Waals surface area contributed by atoms with Gasteiger partial charge in [0.05, 0.1) is 0 Å². The largest absolute Gasteiger partial charge is 0.371 e. The van der Waals surface area contributed by atoms with Gasteiger partial charge in [-0.25, -0.2) is 4.39 Å². The van der Waals surface area contributed by atoms with Gasteiger partial charge in [0.2, 0.25) is 0 Å². The van der Waals surface area contributed by atoms with Gasteiger partial charge in [-0.15, -0.1) is 0 Å². The average Bonchev–Trinajstić information content (AvgIpc) is 2.45. The molecule has 0 saturated heterocycles. The smallest absolute Gasteiger partial charge is 0.125 e. The molecule has 0 unspecified atom stereocenters. The zero-order valence-electron chi connectivity index (χ0n) is 13.0.